The summed E-state index contributed by atoms with van der Waals surface area (Å²) in [5.74, 6) is -2.38. The second kappa shape index (κ2) is 18.3. The van der Waals surface area contributed by atoms with Gasteiger partial charge in [-0.3, -0.25) is 4.79 Å². The summed E-state index contributed by atoms with van der Waals surface area (Å²) in [6.07, 6.45) is -3.69. The van der Waals surface area contributed by atoms with Crippen LogP contribution in [-0.2, 0) is 26.0 Å². The Morgan fingerprint density at radius 3 is 2.32 bits per heavy atom. The van der Waals surface area contributed by atoms with Crippen LogP contribution in [0.1, 0.15) is 42.4 Å². The zero-order valence-electron chi connectivity index (χ0n) is 30.5. The predicted molar refractivity (Wildman–Crippen MR) is 200 cm³/mol. The number of pyridine rings is 1. The first kappa shape index (κ1) is 42.2. The maximum absolute atomic E-state index is 15.5. The molecule has 0 bridgehead atoms. The van der Waals surface area contributed by atoms with Gasteiger partial charge >= 0.3 is 12.5 Å². The van der Waals surface area contributed by atoms with Gasteiger partial charge in [-0.2, -0.15) is 4.31 Å². The molecule has 1 fully saturated rings. The standard InChI is InChI=1S/C38H40ClF4N5O7S/c1-23-20-44-22-27(48(23)56(51,52)29-17-15-28(16-18-29)55-38(41,42)43)6-4-7-30-31(40)8-5-9-32(30)46-36(49)35(47-37(50)54-3)34(24-10-13-26(39)14-11-24)25-12-19-33(53-2)45-21-25/h5,8-19,21,23,27,34-35,44H,4,6-7,20,22H2,1-3H3,(H,46,49)(H,47,50)/t23-,27-,34-,35-/m0/s1. The lowest BCUT2D eigenvalue weighted by atomic mass is 9.85. The molecule has 4 atom stereocenters. The van der Waals surface area contributed by atoms with Gasteiger partial charge in [0, 0.05) is 59.6 Å². The van der Waals surface area contributed by atoms with Gasteiger partial charge in [-0.05, 0) is 85.8 Å². The summed E-state index contributed by atoms with van der Waals surface area (Å²) >= 11 is 6.16. The fraction of sp³-hybridized carbons (Fsp3) is 0.342. The van der Waals surface area contributed by atoms with Gasteiger partial charge in [0.1, 0.15) is 17.6 Å². The molecule has 1 aliphatic heterocycles. The number of methoxy groups -OCH3 is 2. The number of alkyl carbamates (subject to hydrolysis) is 1. The van der Waals surface area contributed by atoms with E-state index in [0.717, 1.165) is 31.4 Å². The summed E-state index contributed by atoms with van der Waals surface area (Å²) < 4.78 is 96.5. The van der Waals surface area contributed by atoms with E-state index < -0.39 is 64.0 Å². The molecule has 0 radical (unpaired) electrons. The maximum Gasteiger partial charge on any atom is 0.573 e. The summed E-state index contributed by atoms with van der Waals surface area (Å²) in [5.41, 5.74) is 1.41. The number of piperazine rings is 1. The average Bonchev–Trinajstić information content (AvgIpc) is 3.16. The average molecular weight is 822 g/mol. The Bertz CT molecular complexity index is 2080. The van der Waals surface area contributed by atoms with Crippen molar-refractivity contribution >= 4 is 39.3 Å². The van der Waals surface area contributed by atoms with Crippen molar-refractivity contribution in [1.82, 2.24) is 19.9 Å². The highest BCUT2D eigenvalue weighted by Gasteiger charge is 2.39. The van der Waals surface area contributed by atoms with Gasteiger partial charge in [-0.1, -0.05) is 35.9 Å². The normalized spacial score (nSPS) is 17.4. The number of hydrogen-bond acceptors (Lipinski definition) is 9. The van der Waals surface area contributed by atoms with Crippen LogP contribution in [0.4, 0.5) is 28.0 Å². The molecule has 3 aromatic carbocycles. The second-order valence-electron chi connectivity index (χ2n) is 12.9. The summed E-state index contributed by atoms with van der Waals surface area (Å²) in [6, 6.07) is 15.7. The van der Waals surface area contributed by atoms with Gasteiger partial charge in [0.15, 0.2) is 0 Å². The van der Waals surface area contributed by atoms with Crippen molar-refractivity contribution in [3.63, 3.8) is 0 Å². The van der Waals surface area contributed by atoms with E-state index in [4.69, 9.17) is 21.1 Å². The number of benzene rings is 3. The molecule has 1 aliphatic rings. The number of carbonyl (C=O) groups is 2. The number of alkyl halides is 3. The molecule has 56 heavy (non-hydrogen) atoms. The highest BCUT2D eigenvalue weighted by Crippen LogP contribution is 2.33. The van der Waals surface area contributed by atoms with Crippen LogP contribution in [0.15, 0.2) is 90.0 Å². The molecule has 2 amide bonds. The number of hydrogen-bond donors (Lipinski definition) is 3. The first-order chi connectivity index (χ1) is 26.6. The Kier molecular flexibility index (Phi) is 13.8. The molecule has 0 unspecified atom stereocenters. The largest absolute Gasteiger partial charge is 0.573 e. The van der Waals surface area contributed by atoms with E-state index in [1.165, 1.54) is 35.8 Å². The Hall–Kier alpha value is -4.97. The van der Waals surface area contributed by atoms with E-state index in [9.17, 15) is 31.2 Å². The number of anilines is 1. The topological polar surface area (TPSA) is 148 Å². The lowest BCUT2D eigenvalue weighted by molar-refractivity contribution is -0.274. The fourth-order valence-electron chi connectivity index (χ4n) is 6.68. The van der Waals surface area contributed by atoms with Crippen LogP contribution < -0.4 is 25.4 Å². The fourth-order valence-corrected chi connectivity index (χ4v) is 8.65. The SMILES string of the molecule is COC(=O)N[C@H](C(=O)Nc1cccc(F)c1CCC[C@H]1CNC[C@H](C)N1S(=O)(=O)c1ccc(OC(F)(F)F)cc1)[C@@H](c1ccc(Cl)cc1)c1ccc(OC)nc1. The lowest BCUT2D eigenvalue weighted by Gasteiger charge is -2.40. The zero-order chi connectivity index (χ0) is 40.6. The number of rotatable bonds is 14. The summed E-state index contributed by atoms with van der Waals surface area (Å²) in [7, 11) is -1.56. The quantitative estimate of drug-likeness (QED) is 0.119. The third-order valence-electron chi connectivity index (χ3n) is 9.22. The van der Waals surface area contributed by atoms with E-state index >= 15 is 4.39 Å². The van der Waals surface area contributed by atoms with Gasteiger partial charge < -0.3 is 30.2 Å². The Morgan fingerprint density at radius 2 is 1.70 bits per heavy atom. The molecule has 300 valence electrons. The van der Waals surface area contributed by atoms with E-state index in [0.29, 0.717) is 28.6 Å². The number of ether oxygens (including phenoxy) is 3. The van der Waals surface area contributed by atoms with Gasteiger partial charge in [0.2, 0.25) is 21.8 Å². The number of halogens is 5. The van der Waals surface area contributed by atoms with Crippen molar-refractivity contribution in [2.75, 3.05) is 32.6 Å². The van der Waals surface area contributed by atoms with Gasteiger partial charge in [0.25, 0.3) is 0 Å². The minimum atomic E-state index is -4.93. The number of nitrogens with one attached hydrogen (secondary N) is 3. The van der Waals surface area contributed by atoms with Gasteiger partial charge in [-0.15, -0.1) is 13.2 Å². The van der Waals surface area contributed by atoms with Crippen molar-refractivity contribution in [2.24, 2.45) is 0 Å². The molecule has 4 aromatic rings. The summed E-state index contributed by atoms with van der Waals surface area (Å²) in [4.78, 5) is 31.0. The van der Waals surface area contributed by atoms with E-state index in [2.05, 4.69) is 25.7 Å². The van der Waals surface area contributed by atoms with E-state index in [-0.39, 0.29) is 42.0 Å². The zero-order valence-corrected chi connectivity index (χ0v) is 32.1. The third kappa shape index (κ3) is 10.5. The van der Waals surface area contributed by atoms with Crippen molar-refractivity contribution in [1.29, 1.82) is 0 Å². The summed E-state index contributed by atoms with van der Waals surface area (Å²) in [5, 5.41) is 9.04. The minimum Gasteiger partial charge on any atom is -0.481 e. The Morgan fingerprint density at radius 1 is 1.00 bits per heavy atom. The first-order valence-corrected chi connectivity index (χ1v) is 19.2. The van der Waals surface area contributed by atoms with Crippen molar-refractivity contribution in [3.05, 3.63) is 113 Å². The predicted octanol–water partition coefficient (Wildman–Crippen LogP) is 6.65. The maximum atomic E-state index is 15.5. The van der Waals surface area contributed by atoms with Crippen LogP contribution in [0.25, 0.3) is 0 Å². The molecule has 0 spiro atoms. The van der Waals surface area contributed by atoms with Crippen molar-refractivity contribution in [3.8, 4) is 11.6 Å². The molecule has 0 aliphatic carbocycles. The van der Waals surface area contributed by atoms with Crippen LogP contribution >= 0.6 is 11.6 Å². The number of nitrogens with zero attached hydrogens (tertiary/aromatic N) is 2. The molecule has 5 rings (SSSR count). The molecule has 1 aromatic heterocycles. The van der Waals surface area contributed by atoms with Crippen LogP contribution in [-0.4, -0.2) is 81.5 Å². The smallest absolute Gasteiger partial charge is 0.481 e. The Balaban J connectivity index is 1.37. The number of aromatic nitrogens is 1. The van der Waals surface area contributed by atoms with Gasteiger partial charge in [-0.25, -0.2) is 22.6 Å². The van der Waals surface area contributed by atoms with Crippen LogP contribution in [0.2, 0.25) is 5.02 Å². The Labute approximate surface area is 326 Å². The van der Waals surface area contributed by atoms with Crippen LogP contribution in [0.5, 0.6) is 11.6 Å². The molecule has 12 nitrogen and oxygen atoms in total. The number of amides is 2. The van der Waals surface area contributed by atoms with Crippen LogP contribution in [0, 0.1) is 5.82 Å². The molecule has 2 heterocycles. The van der Waals surface area contributed by atoms with E-state index in [1.54, 1.807) is 43.3 Å². The monoisotopic (exact) mass is 821 g/mol. The second-order valence-corrected chi connectivity index (χ2v) is 15.2. The number of sulfonamides is 1. The summed E-state index contributed by atoms with van der Waals surface area (Å²) in [6.45, 7) is 2.31. The van der Waals surface area contributed by atoms with Crippen LogP contribution in [0.3, 0.4) is 0 Å². The highest BCUT2D eigenvalue weighted by molar-refractivity contribution is 7.89. The first-order valence-electron chi connectivity index (χ1n) is 17.4. The number of carbonyl (C=O) groups excluding carboxylic acids is 2. The molecule has 18 heteroatoms. The molecule has 3 N–H and O–H groups in total. The molecule has 0 saturated carbocycles. The molecular formula is C38H40ClF4N5O7S. The highest BCUT2D eigenvalue weighted by atomic mass is 35.5. The third-order valence-corrected chi connectivity index (χ3v) is 11.6. The van der Waals surface area contributed by atoms with Crippen molar-refractivity contribution < 1.29 is 49.8 Å². The lowest BCUT2D eigenvalue weighted by Crippen LogP contribution is -2.58. The van der Waals surface area contributed by atoms with Gasteiger partial charge in [0.05, 0.1) is 19.1 Å². The van der Waals surface area contributed by atoms with Crippen molar-refractivity contribution in [2.45, 2.75) is 61.5 Å². The molecular weight excluding hydrogens is 782 g/mol. The van der Waals surface area contributed by atoms with E-state index in [1.807, 2.05) is 0 Å². The minimum absolute atomic E-state index is 0.0860. The molecule has 1 saturated heterocycles.